The van der Waals surface area contributed by atoms with Crippen LogP contribution in [0.3, 0.4) is 0 Å². The summed E-state index contributed by atoms with van der Waals surface area (Å²) in [5, 5.41) is 0. The maximum atomic E-state index is 13.6. The van der Waals surface area contributed by atoms with Crippen LogP contribution in [-0.2, 0) is 9.53 Å². The molecule has 2 saturated heterocycles. The molecule has 0 aromatic heterocycles. The summed E-state index contributed by atoms with van der Waals surface area (Å²) < 4.78 is 19.7. The second kappa shape index (κ2) is 7.04. The van der Waals surface area contributed by atoms with Crippen LogP contribution in [0.4, 0.5) is 10.1 Å². The lowest BCUT2D eigenvalue weighted by atomic mass is 9.92. The Labute approximate surface area is 148 Å². The number of carbonyl (C=O) groups excluding carboxylic acids is 1. The molecule has 0 N–H and O–H groups in total. The molecule has 3 aliphatic rings. The van der Waals surface area contributed by atoms with Crippen molar-refractivity contribution < 1.29 is 13.9 Å². The molecule has 0 bridgehead atoms. The van der Waals surface area contributed by atoms with E-state index in [0.717, 1.165) is 38.4 Å². The van der Waals surface area contributed by atoms with Crippen LogP contribution in [0.2, 0.25) is 0 Å². The van der Waals surface area contributed by atoms with Crippen LogP contribution in [0.5, 0.6) is 0 Å². The Morgan fingerprint density at radius 2 is 1.96 bits per heavy atom. The highest BCUT2D eigenvalue weighted by atomic mass is 19.1. The van der Waals surface area contributed by atoms with Crippen LogP contribution in [0.15, 0.2) is 24.3 Å². The van der Waals surface area contributed by atoms with Gasteiger partial charge < -0.3 is 14.5 Å². The van der Waals surface area contributed by atoms with Gasteiger partial charge in [0.25, 0.3) is 5.91 Å². The van der Waals surface area contributed by atoms with E-state index in [1.807, 2.05) is 6.07 Å². The normalized spacial score (nSPS) is 29.3. The average molecular weight is 346 g/mol. The summed E-state index contributed by atoms with van der Waals surface area (Å²) >= 11 is 0. The third kappa shape index (κ3) is 3.58. The molecule has 25 heavy (non-hydrogen) atoms. The van der Waals surface area contributed by atoms with Crippen molar-refractivity contribution in [1.29, 1.82) is 0 Å². The maximum absolute atomic E-state index is 13.6. The first-order chi connectivity index (χ1) is 12.2. The van der Waals surface area contributed by atoms with Crippen molar-refractivity contribution >= 4 is 11.6 Å². The van der Waals surface area contributed by atoms with Gasteiger partial charge in [-0.05, 0) is 56.8 Å². The Bertz CT molecular complexity index is 632. The van der Waals surface area contributed by atoms with E-state index in [2.05, 4.69) is 4.90 Å². The Hall–Kier alpha value is -1.46. The van der Waals surface area contributed by atoms with E-state index >= 15 is 0 Å². The number of morpholine rings is 1. The number of halogens is 1. The van der Waals surface area contributed by atoms with Crippen molar-refractivity contribution in [2.45, 2.75) is 56.6 Å². The summed E-state index contributed by atoms with van der Waals surface area (Å²) in [6.45, 7) is 2.80. The van der Waals surface area contributed by atoms with E-state index in [4.69, 9.17) is 4.74 Å². The van der Waals surface area contributed by atoms with Gasteiger partial charge in [-0.25, -0.2) is 4.39 Å². The number of hydrogen-bond donors (Lipinski definition) is 0. The fraction of sp³-hybridized carbons (Fsp3) is 0.650. The van der Waals surface area contributed by atoms with E-state index in [0.29, 0.717) is 12.2 Å². The highest BCUT2D eigenvalue weighted by Gasteiger charge is 2.42. The SMILES string of the molecule is O=C1COC2(CCCN(C3CCCC3)CC2)CN1c1cccc(F)c1. The van der Waals surface area contributed by atoms with Gasteiger partial charge in [-0.3, -0.25) is 4.79 Å². The third-order valence-corrected chi connectivity index (χ3v) is 6.14. The molecule has 2 heterocycles. The first-order valence-corrected chi connectivity index (χ1v) is 9.59. The first-order valence-electron chi connectivity index (χ1n) is 9.59. The van der Waals surface area contributed by atoms with Crippen LogP contribution >= 0.6 is 0 Å². The molecule has 0 radical (unpaired) electrons. The van der Waals surface area contributed by atoms with Crippen molar-refractivity contribution in [3.63, 3.8) is 0 Å². The van der Waals surface area contributed by atoms with E-state index in [1.165, 1.54) is 37.8 Å². The van der Waals surface area contributed by atoms with Crippen LogP contribution in [-0.4, -0.2) is 48.7 Å². The van der Waals surface area contributed by atoms with Gasteiger partial charge in [-0.2, -0.15) is 0 Å². The van der Waals surface area contributed by atoms with Crippen molar-refractivity contribution in [3.05, 3.63) is 30.1 Å². The summed E-state index contributed by atoms with van der Waals surface area (Å²) in [4.78, 5) is 16.7. The minimum atomic E-state index is -0.306. The number of carbonyl (C=O) groups is 1. The molecule has 1 aromatic carbocycles. The Morgan fingerprint density at radius 1 is 1.12 bits per heavy atom. The smallest absolute Gasteiger partial charge is 0.253 e. The van der Waals surface area contributed by atoms with Crippen molar-refractivity contribution in [2.75, 3.05) is 31.1 Å². The maximum Gasteiger partial charge on any atom is 0.253 e. The number of ether oxygens (including phenoxy) is 1. The highest BCUT2D eigenvalue weighted by Crippen LogP contribution is 2.35. The molecule has 4 rings (SSSR count). The zero-order chi connectivity index (χ0) is 17.3. The Kier molecular flexibility index (Phi) is 4.78. The zero-order valence-corrected chi connectivity index (χ0v) is 14.8. The molecule has 1 amide bonds. The standard InChI is InChI=1S/C20H27FN2O2/c21-16-5-3-8-18(13-16)23-15-20(25-14-19(23)24)9-4-11-22(12-10-20)17-6-1-2-7-17/h3,5,8,13,17H,1-2,4,6-7,9-12,14-15H2. The molecule has 3 fully saturated rings. The van der Waals surface area contributed by atoms with Gasteiger partial charge in [0.15, 0.2) is 0 Å². The number of hydrogen-bond acceptors (Lipinski definition) is 3. The number of anilines is 1. The minimum absolute atomic E-state index is 0.0758. The summed E-state index contributed by atoms with van der Waals surface area (Å²) in [6.07, 6.45) is 8.36. The Morgan fingerprint density at radius 3 is 2.76 bits per heavy atom. The molecule has 1 aromatic rings. The fourth-order valence-electron chi connectivity index (χ4n) is 4.72. The number of likely N-dealkylation sites (tertiary alicyclic amines) is 1. The lowest BCUT2D eigenvalue weighted by molar-refractivity contribution is -0.140. The zero-order valence-electron chi connectivity index (χ0n) is 14.8. The lowest BCUT2D eigenvalue weighted by Gasteiger charge is -2.42. The topological polar surface area (TPSA) is 32.8 Å². The summed E-state index contributed by atoms with van der Waals surface area (Å²) in [7, 11) is 0. The van der Waals surface area contributed by atoms with Gasteiger partial charge >= 0.3 is 0 Å². The molecule has 1 spiro atoms. The quantitative estimate of drug-likeness (QED) is 0.823. The Balaban J connectivity index is 1.48. The van der Waals surface area contributed by atoms with E-state index in [1.54, 1.807) is 11.0 Å². The summed E-state index contributed by atoms with van der Waals surface area (Å²) in [6, 6.07) is 7.06. The van der Waals surface area contributed by atoms with Gasteiger partial charge in [0.2, 0.25) is 0 Å². The van der Waals surface area contributed by atoms with Crippen LogP contribution < -0.4 is 4.90 Å². The van der Waals surface area contributed by atoms with Crippen molar-refractivity contribution in [2.24, 2.45) is 0 Å². The molecular weight excluding hydrogens is 319 g/mol. The third-order valence-electron chi connectivity index (χ3n) is 6.14. The summed E-state index contributed by atoms with van der Waals surface area (Å²) in [5.74, 6) is -0.382. The largest absolute Gasteiger partial charge is 0.363 e. The van der Waals surface area contributed by atoms with Crippen LogP contribution in [0, 0.1) is 5.82 Å². The van der Waals surface area contributed by atoms with Gasteiger partial charge in [-0.1, -0.05) is 18.9 Å². The molecule has 4 nitrogen and oxygen atoms in total. The molecule has 5 heteroatoms. The number of nitrogens with zero attached hydrogens (tertiary/aromatic N) is 2. The van der Waals surface area contributed by atoms with Gasteiger partial charge in [0, 0.05) is 18.3 Å². The van der Waals surface area contributed by atoms with Crippen molar-refractivity contribution in [1.82, 2.24) is 4.90 Å². The van der Waals surface area contributed by atoms with Gasteiger partial charge in [-0.15, -0.1) is 0 Å². The molecular formula is C20H27FN2O2. The van der Waals surface area contributed by atoms with Crippen LogP contribution in [0.1, 0.15) is 44.9 Å². The molecule has 1 atom stereocenters. The van der Waals surface area contributed by atoms with Gasteiger partial charge in [0.1, 0.15) is 12.4 Å². The number of amides is 1. The molecule has 136 valence electrons. The molecule has 1 unspecified atom stereocenters. The van der Waals surface area contributed by atoms with E-state index < -0.39 is 0 Å². The van der Waals surface area contributed by atoms with Gasteiger partial charge in [0.05, 0.1) is 12.1 Å². The minimum Gasteiger partial charge on any atom is -0.363 e. The van der Waals surface area contributed by atoms with E-state index in [9.17, 15) is 9.18 Å². The molecule has 2 aliphatic heterocycles. The monoisotopic (exact) mass is 346 g/mol. The van der Waals surface area contributed by atoms with Crippen molar-refractivity contribution in [3.8, 4) is 0 Å². The molecule has 1 aliphatic carbocycles. The summed E-state index contributed by atoms with van der Waals surface area (Å²) in [5.41, 5.74) is 0.359. The predicted molar refractivity (Wildman–Crippen MR) is 95.1 cm³/mol. The lowest BCUT2D eigenvalue weighted by Crippen LogP contribution is -2.55. The fourth-order valence-corrected chi connectivity index (χ4v) is 4.72. The number of benzene rings is 1. The number of rotatable bonds is 2. The average Bonchev–Trinajstić information content (AvgIpc) is 3.07. The first kappa shape index (κ1) is 17.0. The van der Waals surface area contributed by atoms with E-state index in [-0.39, 0.29) is 23.9 Å². The van der Waals surface area contributed by atoms with Crippen LogP contribution in [0.25, 0.3) is 0 Å². The second-order valence-electron chi connectivity index (χ2n) is 7.76. The molecule has 1 saturated carbocycles. The predicted octanol–water partition coefficient (Wildman–Crippen LogP) is 3.36. The second-order valence-corrected chi connectivity index (χ2v) is 7.76. The highest BCUT2D eigenvalue weighted by molar-refractivity contribution is 5.95.